The molecule has 2 aromatic carbocycles. The first kappa shape index (κ1) is 17.9. The van der Waals surface area contributed by atoms with E-state index in [9.17, 15) is 14.4 Å². The van der Waals surface area contributed by atoms with Crippen LogP contribution in [-0.4, -0.2) is 55.0 Å². The van der Waals surface area contributed by atoms with Crippen molar-refractivity contribution in [1.29, 1.82) is 0 Å². The van der Waals surface area contributed by atoms with Gasteiger partial charge in [0.25, 0.3) is 5.91 Å². The number of hydrogen-bond acceptors (Lipinski definition) is 4. The Labute approximate surface area is 151 Å². The first-order valence-corrected chi connectivity index (χ1v) is 8.50. The van der Waals surface area contributed by atoms with Crippen LogP contribution in [0.3, 0.4) is 0 Å². The van der Waals surface area contributed by atoms with Crippen molar-refractivity contribution in [2.45, 2.75) is 12.5 Å². The summed E-state index contributed by atoms with van der Waals surface area (Å²) in [5.74, 6) is -0.939. The van der Waals surface area contributed by atoms with Crippen LogP contribution in [0.2, 0.25) is 0 Å². The molecule has 26 heavy (non-hydrogen) atoms. The van der Waals surface area contributed by atoms with E-state index >= 15 is 0 Å². The monoisotopic (exact) mass is 355 g/mol. The highest BCUT2D eigenvalue weighted by molar-refractivity contribution is 5.98. The minimum Gasteiger partial charge on any atom is -0.367 e. The molecule has 3 rings (SSSR count). The van der Waals surface area contributed by atoms with Crippen molar-refractivity contribution < 1.29 is 19.1 Å². The summed E-state index contributed by atoms with van der Waals surface area (Å²) in [6.45, 7) is 1.08. The molecule has 0 saturated carbocycles. The molecule has 3 amide bonds. The number of primary amides is 1. The van der Waals surface area contributed by atoms with Crippen molar-refractivity contribution in [3.63, 3.8) is 0 Å². The lowest BCUT2D eigenvalue weighted by Gasteiger charge is -2.31. The van der Waals surface area contributed by atoms with Gasteiger partial charge >= 0.3 is 0 Å². The molecule has 7 nitrogen and oxygen atoms in total. The predicted molar refractivity (Wildman–Crippen MR) is 96.4 cm³/mol. The molecule has 1 atom stereocenters. The van der Waals surface area contributed by atoms with Crippen molar-refractivity contribution in [3.8, 4) is 0 Å². The highest BCUT2D eigenvalue weighted by Gasteiger charge is 2.27. The first-order chi connectivity index (χ1) is 12.5. The summed E-state index contributed by atoms with van der Waals surface area (Å²) in [5.41, 5.74) is 5.77. The fourth-order valence-electron chi connectivity index (χ4n) is 2.92. The summed E-state index contributed by atoms with van der Waals surface area (Å²) < 4.78 is 5.22. The second-order valence-corrected chi connectivity index (χ2v) is 6.17. The summed E-state index contributed by atoms with van der Waals surface area (Å²) in [6, 6.07) is 13.3. The average Bonchev–Trinajstić information content (AvgIpc) is 2.67. The number of rotatable bonds is 5. The maximum absolute atomic E-state index is 12.3. The van der Waals surface area contributed by atoms with Crippen LogP contribution in [0, 0.1) is 0 Å². The number of morpholine rings is 1. The lowest BCUT2D eigenvalue weighted by atomic mass is 10.1. The molecule has 0 bridgehead atoms. The second kappa shape index (κ2) is 7.97. The molecule has 1 unspecified atom stereocenters. The molecule has 1 heterocycles. The van der Waals surface area contributed by atoms with Gasteiger partial charge in [-0.3, -0.25) is 14.4 Å². The van der Waals surface area contributed by atoms with Crippen molar-refractivity contribution in [2.75, 3.05) is 26.2 Å². The summed E-state index contributed by atoms with van der Waals surface area (Å²) in [6.07, 6.45) is -0.606. The van der Waals surface area contributed by atoms with Crippen LogP contribution in [0.4, 0.5) is 0 Å². The van der Waals surface area contributed by atoms with Crippen LogP contribution in [0.25, 0.3) is 10.8 Å². The van der Waals surface area contributed by atoms with Gasteiger partial charge in [-0.1, -0.05) is 30.3 Å². The topological polar surface area (TPSA) is 102 Å². The van der Waals surface area contributed by atoms with Gasteiger partial charge in [-0.15, -0.1) is 0 Å². The van der Waals surface area contributed by atoms with Gasteiger partial charge in [0, 0.05) is 25.1 Å². The van der Waals surface area contributed by atoms with E-state index in [0.717, 1.165) is 10.8 Å². The number of carbonyl (C=O) groups excluding carboxylic acids is 3. The number of carbonyl (C=O) groups is 3. The lowest BCUT2D eigenvalue weighted by Crippen LogP contribution is -2.50. The molecule has 3 N–H and O–H groups in total. The molecule has 0 aromatic heterocycles. The summed E-state index contributed by atoms with van der Waals surface area (Å²) in [7, 11) is 0. The number of fused-ring (bicyclic) bond motifs is 1. The third kappa shape index (κ3) is 4.18. The Morgan fingerprint density at radius 3 is 2.69 bits per heavy atom. The molecule has 1 saturated heterocycles. The van der Waals surface area contributed by atoms with Gasteiger partial charge in [0.15, 0.2) is 6.10 Å². The van der Waals surface area contributed by atoms with Crippen LogP contribution >= 0.6 is 0 Å². The fourth-order valence-corrected chi connectivity index (χ4v) is 2.92. The smallest absolute Gasteiger partial charge is 0.251 e. The number of nitrogens with zero attached hydrogens (tertiary/aromatic N) is 1. The Morgan fingerprint density at radius 1 is 1.15 bits per heavy atom. The van der Waals surface area contributed by atoms with Gasteiger partial charge in [0.1, 0.15) is 0 Å². The van der Waals surface area contributed by atoms with Gasteiger partial charge < -0.3 is 20.7 Å². The van der Waals surface area contributed by atoms with Crippen molar-refractivity contribution in [2.24, 2.45) is 5.73 Å². The third-order valence-electron chi connectivity index (χ3n) is 4.37. The van der Waals surface area contributed by atoms with Crippen LogP contribution in [-0.2, 0) is 14.3 Å². The van der Waals surface area contributed by atoms with E-state index in [2.05, 4.69) is 5.32 Å². The number of benzene rings is 2. The number of ether oxygens (including phenoxy) is 1. The molecular weight excluding hydrogens is 334 g/mol. The second-order valence-electron chi connectivity index (χ2n) is 6.17. The number of nitrogens with two attached hydrogens (primary N) is 1. The standard InChI is InChI=1S/C19H21N3O4/c20-18(24)16-12-22(9-10-26-16)17(23)7-8-21-19(25)15-6-5-13-3-1-2-4-14(13)11-15/h1-6,11,16H,7-10,12H2,(H2,20,24)(H,21,25). The minimum atomic E-state index is -0.764. The highest BCUT2D eigenvalue weighted by atomic mass is 16.5. The van der Waals surface area contributed by atoms with Crippen LogP contribution < -0.4 is 11.1 Å². The molecule has 0 radical (unpaired) electrons. The van der Waals surface area contributed by atoms with E-state index in [4.69, 9.17) is 10.5 Å². The van der Waals surface area contributed by atoms with Gasteiger partial charge in [-0.05, 0) is 22.9 Å². The molecule has 1 aliphatic heterocycles. The Bertz CT molecular complexity index is 836. The Hall–Kier alpha value is -2.93. The summed E-state index contributed by atoms with van der Waals surface area (Å²) in [4.78, 5) is 37.2. The Kier molecular flexibility index (Phi) is 5.48. The van der Waals surface area contributed by atoms with E-state index in [1.165, 1.54) is 0 Å². The molecule has 136 valence electrons. The Balaban J connectivity index is 1.51. The zero-order valence-electron chi connectivity index (χ0n) is 14.3. The van der Waals surface area contributed by atoms with E-state index in [1.807, 2.05) is 36.4 Å². The SMILES string of the molecule is NC(=O)C1CN(C(=O)CCNC(=O)c2ccc3ccccc3c2)CCO1. The van der Waals surface area contributed by atoms with Gasteiger partial charge in [-0.2, -0.15) is 0 Å². The zero-order chi connectivity index (χ0) is 18.5. The average molecular weight is 355 g/mol. The van der Waals surface area contributed by atoms with Crippen LogP contribution in [0.5, 0.6) is 0 Å². The van der Waals surface area contributed by atoms with Crippen LogP contribution in [0.1, 0.15) is 16.8 Å². The Morgan fingerprint density at radius 2 is 1.92 bits per heavy atom. The summed E-state index contributed by atoms with van der Waals surface area (Å²) >= 11 is 0. The number of hydrogen-bond donors (Lipinski definition) is 2. The summed E-state index contributed by atoms with van der Waals surface area (Å²) in [5, 5.41) is 4.81. The molecule has 1 fully saturated rings. The fraction of sp³-hybridized carbons (Fsp3) is 0.316. The first-order valence-electron chi connectivity index (χ1n) is 8.50. The van der Waals surface area contributed by atoms with Crippen molar-refractivity contribution in [1.82, 2.24) is 10.2 Å². The van der Waals surface area contributed by atoms with E-state index in [-0.39, 0.29) is 37.9 Å². The number of nitrogens with one attached hydrogen (secondary N) is 1. The predicted octanol–water partition coefficient (Wildman–Crippen LogP) is 0.672. The molecule has 1 aliphatic rings. The molecule has 0 aliphatic carbocycles. The zero-order valence-corrected chi connectivity index (χ0v) is 14.3. The third-order valence-corrected chi connectivity index (χ3v) is 4.37. The molecule has 2 aromatic rings. The van der Waals surface area contributed by atoms with Crippen LogP contribution in [0.15, 0.2) is 42.5 Å². The van der Waals surface area contributed by atoms with Crippen molar-refractivity contribution in [3.05, 3.63) is 48.0 Å². The maximum atomic E-state index is 12.3. The minimum absolute atomic E-state index is 0.140. The van der Waals surface area contributed by atoms with Gasteiger partial charge in [0.05, 0.1) is 13.2 Å². The normalized spacial score (nSPS) is 17.1. The maximum Gasteiger partial charge on any atom is 0.251 e. The largest absolute Gasteiger partial charge is 0.367 e. The van der Waals surface area contributed by atoms with E-state index in [1.54, 1.807) is 11.0 Å². The van der Waals surface area contributed by atoms with E-state index in [0.29, 0.717) is 12.1 Å². The highest BCUT2D eigenvalue weighted by Crippen LogP contribution is 2.15. The van der Waals surface area contributed by atoms with E-state index < -0.39 is 12.0 Å². The molecular formula is C19H21N3O4. The quantitative estimate of drug-likeness (QED) is 0.823. The van der Waals surface area contributed by atoms with Gasteiger partial charge in [0.2, 0.25) is 11.8 Å². The molecule has 0 spiro atoms. The molecule has 7 heteroatoms. The van der Waals surface area contributed by atoms with Gasteiger partial charge in [-0.25, -0.2) is 0 Å². The lowest BCUT2D eigenvalue weighted by molar-refractivity contribution is -0.145. The number of amides is 3. The van der Waals surface area contributed by atoms with Crippen molar-refractivity contribution >= 4 is 28.5 Å².